The summed E-state index contributed by atoms with van der Waals surface area (Å²) in [5.41, 5.74) is 1.50. The van der Waals surface area contributed by atoms with Crippen LogP contribution in [0.15, 0.2) is 18.2 Å². The van der Waals surface area contributed by atoms with E-state index in [2.05, 4.69) is 0 Å². The molecule has 0 spiro atoms. The lowest BCUT2D eigenvalue weighted by atomic mass is 9.77. The van der Waals surface area contributed by atoms with Gasteiger partial charge in [0.05, 0.1) is 37.0 Å². The summed E-state index contributed by atoms with van der Waals surface area (Å²) in [7, 11) is 1.59. The van der Waals surface area contributed by atoms with Crippen LogP contribution < -0.4 is 9.47 Å². The van der Waals surface area contributed by atoms with Gasteiger partial charge in [0.15, 0.2) is 0 Å². The summed E-state index contributed by atoms with van der Waals surface area (Å²) >= 11 is 0. The molecular weight excluding hydrogens is 514 g/mol. The molecule has 1 aromatic carbocycles. The molecule has 5 atom stereocenters. The van der Waals surface area contributed by atoms with Crippen molar-refractivity contribution in [3.05, 3.63) is 23.9 Å². The van der Waals surface area contributed by atoms with Gasteiger partial charge in [-0.15, -0.1) is 0 Å². The van der Waals surface area contributed by atoms with Crippen molar-refractivity contribution in [2.45, 2.75) is 90.4 Å². The Bertz CT molecular complexity index is 1290. The lowest BCUT2D eigenvalue weighted by Gasteiger charge is -2.33. The number of esters is 1. The maximum Gasteiger partial charge on any atom is 0.326 e. The van der Waals surface area contributed by atoms with Crippen LogP contribution >= 0.6 is 0 Å². The zero-order chi connectivity index (χ0) is 28.6. The Balaban J connectivity index is 1.48. The number of aromatic nitrogens is 2. The third kappa shape index (κ3) is 6.15. The average Bonchev–Trinajstić information content (AvgIpc) is 3.48. The minimum atomic E-state index is -1.10. The quantitative estimate of drug-likeness (QED) is 0.545. The molecule has 0 unspecified atom stereocenters. The fourth-order valence-corrected chi connectivity index (χ4v) is 5.85. The SMILES string of the molecule is COc1ccc2nc3c(nc2c1)O[C@@H]1C[C@@H](C(=O)O)N(C1)C(=O)[C@H](C(C)(C)C)CC(=O)O[C@@H]1C[C@H]1CCCCC3. The van der Waals surface area contributed by atoms with E-state index in [-0.39, 0.29) is 31.4 Å². The number of ether oxygens (including phenoxy) is 3. The fraction of sp³-hybridized carbons (Fsp3) is 0.633. The van der Waals surface area contributed by atoms with Crippen molar-refractivity contribution < 1.29 is 33.7 Å². The number of benzene rings is 1. The summed E-state index contributed by atoms with van der Waals surface area (Å²) in [5.74, 6) is -1.22. The van der Waals surface area contributed by atoms with Crippen molar-refractivity contribution in [1.82, 2.24) is 14.9 Å². The smallest absolute Gasteiger partial charge is 0.326 e. The summed E-state index contributed by atoms with van der Waals surface area (Å²) in [6, 6.07) is 4.43. The molecule has 40 heavy (non-hydrogen) atoms. The largest absolute Gasteiger partial charge is 0.497 e. The molecule has 1 amide bonds. The van der Waals surface area contributed by atoms with Crippen LogP contribution in [0.1, 0.15) is 71.4 Å². The number of amides is 1. The van der Waals surface area contributed by atoms with Gasteiger partial charge in [-0.1, -0.05) is 33.6 Å². The number of methoxy groups -OCH3 is 1. The molecule has 2 aromatic rings. The molecule has 1 saturated heterocycles. The highest BCUT2D eigenvalue weighted by molar-refractivity contribution is 5.89. The van der Waals surface area contributed by atoms with Gasteiger partial charge in [-0.25, -0.2) is 14.8 Å². The van der Waals surface area contributed by atoms with Crippen molar-refractivity contribution in [1.29, 1.82) is 0 Å². The van der Waals surface area contributed by atoms with Crippen LogP contribution in [-0.4, -0.2) is 69.7 Å². The number of carbonyl (C=O) groups is 3. The normalized spacial score (nSPS) is 28.0. The molecule has 2 aliphatic heterocycles. The van der Waals surface area contributed by atoms with Gasteiger partial charge in [0, 0.05) is 12.5 Å². The highest BCUT2D eigenvalue weighted by Gasteiger charge is 2.47. The second kappa shape index (κ2) is 11.2. The Kier molecular flexibility index (Phi) is 7.88. The van der Waals surface area contributed by atoms with Crippen LogP contribution in [0.4, 0.5) is 0 Å². The van der Waals surface area contributed by atoms with E-state index in [1.165, 1.54) is 4.90 Å². The molecule has 1 N–H and O–H groups in total. The number of aliphatic carboxylic acids is 1. The second-order valence-electron chi connectivity index (χ2n) is 12.4. The zero-order valence-corrected chi connectivity index (χ0v) is 23.7. The first-order chi connectivity index (χ1) is 19.0. The van der Waals surface area contributed by atoms with E-state index in [0.29, 0.717) is 29.5 Å². The molecule has 5 rings (SSSR count). The summed E-state index contributed by atoms with van der Waals surface area (Å²) < 4.78 is 17.4. The van der Waals surface area contributed by atoms with E-state index in [0.717, 1.165) is 43.3 Å². The molecular formula is C30H39N3O7. The number of hydrogen-bond donors (Lipinski definition) is 1. The van der Waals surface area contributed by atoms with E-state index < -0.39 is 35.4 Å². The van der Waals surface area contributed by atoms with Gasteiger partial charge < -0.3 is 24.2 Å². The number of nitrogens with zero attached hydrogens (tertiary/aromatic N) is 3. The second-order valence-corrected chi connectivity index (χ2v) is 12.4. The van der Waals surface area contributed by atoms with Crippen molar-refractivity contribution in [2.75, 3.05) is 13.7 Å². The number of carbonyl (C=O) groups excluding carboxylic acids is 2. The Hall–Kier alpha value is -3.43. The molecule has 1 saturated carbocycles. The standard InChI is InChI=1S/C30H39N3O7/c1-30(2,3)20-15-26(34)40-25-12-17(25)8-6-5-7-9-22-27(32-23-13-18(38-4)10-11-21(23)31-22)39-19-14-24(29(36)37)33(16-19)28(20)35/h10-11,13,17,19-20,24-25H,5-9,12,14-16H2,1-4H3,(H,36,37)/t17-,19-,20-,24+,25-/m1/s1. The highest BCUT2D eigenvalue weighted by Crippen LogP contribution is 2.40. The summed E-state index contributed by atoms with van der Waals surface area (Å²) in [6.07, 6.45) is 4.78. The predicted octanol–water partition coefficient (Wildman–Crippen LogP) is 4.17. The van der Waals surface area contributed by atoms with Gasteiger partial charge in [-0.2, -0.15) is 0 Å². The maximum atomic E-state index is 13.8. The number of carboxylic acids is 1. The highest BCUT2D eigenvalue weighted by atomic mass is 16.5. The average molecular weight is 554 g/mol. The fourth-order valence-electron chi connectivity index (χ4n) is 5.85. The first-order valence-electron chi connectivity index (χ1n) is 14.3. The van der Waals surface area contributed by atoms with Crippen LogP contribution in [0.2, 0.25) is 0 Å². The van der Waals surface area contributed by atoms with Crippen LogP contribution in [-0.2, 0) is 25.5 Å². The zero-order valence-electron chi connectivity index (χ0n) is 23.7. The predicted molar refractivity (Wildman–Crippen MR) is 146 cm³/mol. The lowest BCUT2D eigenvalue weighted by molar-refractivity contribution is -0.156. The molecule has 2 fully saturated rings. The number of carboxylic acid groups (broad SMARTS) is 1. The topological polar surface area (TPSA) is 128 Å². The van der Waals surface area contributed by atoms with Gasteiger partial charge in [0.25, 0.3) is 0 Å². The first kappa shape index (κ1) is 28.1. The number of aryl methyl sites for hydroxylation is 1. The summed E-state index contributed by atoms with van der Waals surface area (Å²) in [6.45, 7) is 5.75. The van der Waals surface area contributed by atoms with Crippen molar-refractivity contribution in [3.63, 3.8) is 0 Å². The number of hydrogen-bond acceptors (Lipinski definition) is 8. The molecule has 10 nitrogen and oxygen atoms in total. The van der Waals surface area contributed by atoms with Gasteiger partial charge in [-0.05, 0) is 49.1 Å². The number of rotatable bonds is 2. The Morgan fingerprint density at radius 3 is 2.60 bits per heavy atom. The molecule has 0 radical (unpaired) electrons. The molecule has 3 heterocycles. The maximum absolute atomic E-state index is 13.8. The third-order valence-corrected chi connectivity index (χ3v) is 8.36. The Morgan fingerprint density at radius 2 is 1.88 bits per heavy atom. The minimum absolute atomic E-state index is 0.0813. The Labute approximate surface area is 234 Å². The van der Waals surface area contributed by atoms with E-state index in [1.807, 2.05) is 32.9 Å². The van der Waals surface area contributed by atoms with E-state index in [1.54, 1.807) is 13.2 Å². The van der Waals surface area contributed by atoms with Crippen molar-refractivity contribution in [2.24, 2.45) is 17.3 Å². The molecule has 3 aliphatic rings. The van der Waals surface area contributed by atoms with E-state index in [9.17, 15) is 19.5 Å². The molecule has 10 heteroatoms. The van der Waals surface area contributed by atoms with E-state index in [4.69, 9.17) is 24.2 Å². The van der Waals surface area contributed by atoms with Crippen LogP contribution in [0, 0.1) is 17.3 Å². The summed E-state index contributed by atoms with van der Waals surface area (Å²) in [5, 5.41) is 10.0. The molecule has 216 valence electrons. The molecule has 1 aliphatic carbocycles. The van der Waals surface area contributed by atoms with Gasteiger partial charge in [0.1, 0.15) is 29.7 Å². The third-order valence-electron chi connectivity index (χ3n) is 8.36. The van der Waals surface area contributed by atoms with Crippen LogP contribution in [0.5, 0.6) is 11.6 Å². The first-order valence-corrected chi connectivity index (χ1v) is 14.3. The minimum Gasteiger partial charge on any atom is -0.497 e. The lowest BCUT2D eigenvalue weighted by Crippen LogP contribution is -2.47. The van der Waals surface area contributed by atoms with Gasteiger partial charge in [-0.3, -0.25) is 9.59 Å². The van der Waals surface area contributed by atoms with Crippen LogP contribution in [0.3, 0.4) is 0 Å². The van der Waals surface area contributed by atoms with Crippen molar-refractivity contribution in [3.8, 4) is 11.6 Å². The van der Waals surface area contributed by atoms with Gasteiger partial charge >= 0.3 is 11.9 Å². The van der Waals surface area contributed by atoms with Crippen molar-refractivity contribution >= 4 is 28.9 Å². The molecule has 2 bridgehead atoms. The van der Waals surface area contributed by atoms with Gasteiger partial charge in [0.2, 0.25) is 11.8 Å². The summed E-state index contributed by atoms with van der Waals surface area (Å²) in [4.78, 5) is 50.0. The van der Waals surface area contributed by atoms with Crippen LogP contribution in [0.25, 0.3) is 11.0 Å². The Morgan fingerprint density at radius 1 is 1.07 bits per heavy atom. The number of fused-ring (bicyclic) bond motifs is 5. The molecule has 1 aromatic heterocycles. The van der Waals surface area contributed by atoms with E-state index >= 15 is 0 Å². The monoisotopic (exact) mass is 553 g/mol.